The molecule has 1 aromatic heterocycles. The Kier molecular flexibility index (Phi) is 2.93. The second kappa shape index (κ2) is 4.54. The first kappa shape index (κ1) is 11.0. The molecule has 0 fully saturated rings. The fraction of sp³-hybridized carbons (Fsp3) is 0.0769. The lowest BCUT2D eigenvalue weighted by molar-refractivity contribution is 1.32. The molecule has 1 aromatic carbocycles. The summed E-state index contributed by atoms with van der Waals surface area (Å²) in [6, 6.07) is 11.4. The van der Waals surface area contributed by atoms with Gasteiger partial charge in [0.25, 0.3) is 0 Å². The molecule has 17 heavy (non-hydrogen) atoms. The minimum absolute atomic E-state index is 0.415. The summed E-state index contributed by atoms with van der Waals surface area (Å²) in [4.78, 5) is 3.99. The van der Waals surface area contributed by atoms with Crippen molar-refractivity contribution in [1.82, 2.24) is 4.98 Å². The lowest BCUT2D eigenvalue weighted by Gasteiger charge is -2.10. The third kappa shape index (κ3) is 2.18. The zero-order valence-corrected chi connectivity index (χ0v) is 9.44. The number of nitrogen functional groups attached to an aromatic ring is 1. The van der Waals surface area contributed by atoms with E-state index < -0.39 is 0 Å². The molecule has 0 saturated heterocycles. The third-order valence-corrected chi connectivity index (χ3v) is 2.49. The van der Waals surface area contributed by atoms with Crippen molar-refractivity contribution in [3.63, 3.8) is 0 Å². The normalized spacial score (nSPS) is 9.65. The number of aromatic nitrogens is 1. The van der Waals surface area contributed by atoms with E-state index in [1.165, 1.54) is 0 Å². The smallest absolute Gasteiger partial charge is 0.147 e. The molecule has 0 aliphatic carbocycles. The highest BCUT2D eigenvalue weighted by atomic mass is 15.0. The fourth-order valence-corrected chi connectivity index (χ4v) is 1.59. The molecule has 3 N–H and O–H groups in total. The number of hydrogen-bond acceptors (Lipinski definition) is 4. The molecular weight excluding hydrogens is 212 g/mol. The Bertz CT molecular complexity index is 584. The zero-order chi connectivity index (χ0) is 12.3. The predicted octanol–water partition coefficient (Wildman–Crippen LogP) is 2.59. The molecular formula is C13H12N4. The maximum absolute atomic E-state index is 9.11. The summed E-state index contributed by atoms with van der Waals surface area (Å²) >= 11 is 0. The van der Waals surface area contributed by atoms with E-state index in [1.807, 2.05) is 31.2 Å². The van der Waals surface area contributed by atoms with Crippen LogP contribution in [0.1, 0.15) is 11.1 Å². The van der Waals surface area contributed by atoms with E-state index in [4.69, 9.17) is 11.0 Å². The molecule has 0 radical (unpaired) electrons. The maximum atomic E-state index is 9.11. The van der Waals surface area contributed by atoms with Crippen LogP contribution in [0.15, 0.2) is 36.5 Å². The van der Waals surface area contributed by atoms with Crippen LogP contribution in [0, 0.1) is 18.3 Å². The van der Waals surface area contributed by atoms with Gasteiger partial charge in [0.1, 0.15) is 11.9 Å². The molecule has 2 rings (SSSR count). The molecule has 0 saturated carbocycles. The zero-order valence-electron chi connectivity index (χ0n) is 9.44. The second-order valence-electron chi connectivity index (χ2n) is 3.67. The van der Waals surface area contributed by atoms with Crippen molar-refractivity contribution in [3.8, 4) is 6.07 Å². The summed E-state index contributed by atoms with van der Waals surface area (Å²) in [5, 5.41) is 12.2. The van der Waals surface area contributed by atoms with E-state index in [9.17, 15) is 0 Å². The molecule has 0 atom stereocenters. The summed E-state index contributed by atoms with van der Waals surface area (Å²) in [6.45, 7) is 1.90. The second-order valence-corrected chi connectivity index (χ2v) is 3.67. The number of hydrogen-bond donors (Lipinski definition) is 2. The van der Waals surface area contributed by atoms with Gasteiger partial charge in [0.2, 0.25) is 0 Å². The summed E-state index contributed by atoms with van der Waals surface area (Å²) in [6.07, 6.45) is 1.63. The van der Waals surface area contributed by atoms with Crippen molar-refractivity contribution in [2.75, 3.05) is 11.1 Å². The molecule has 84 valence electrons. The van der Waals surface area contributed by atoms with Gasteiger partial charge in [-0.05, 0) is 30.7 Å². The van der Waals surface area contributed by atoms with E-state index >= 15 is 0 Å². The lowest BCUT2D eigenvalue weighted by atomic mass is 10.1. The molecule has 1 heterocycles. The minimum atomic E-state index is 0.415. The topological polar surface area (TPSA) is 74.7 Å². The Labute approximate surface area is 99.7 Å². The van der Waals surface area contributed by atoms with Crippen molar-refractivity contribution in [2.24, 2.45) is 0 Å². The summed E-state index contributed by atoms with van der Waals surface area (Å²) in [7, 11) is 0. The van der Waals surface area contributed by atoms with Crippen LogP contribution in [0.25, 0.3) is 0 Å². The predicted molar refractivity (Wildman–Crippen MR) is 67.8 cm³/mol. The molecule has 0 amide bonds. The number of pyridine rings is 1. The summed E-state index contributed by atoms with van der Waals surface area (Å²) in [5.74, 6) is 0.415. The van der Waals surface area contributed by atoms with Crippen LogP contribution in [0.2, 0.25) is 0 Å². The van der Waals surface area contributed by atoms with Gasteiger partial charge in [-0.15, -0.1) is 0 Å². The van der Waals surface area contributed by atoms with Gasteiger partial charge in [-0.25, -0.2) is 4.98 Å². The number of nitrogens with one attached hydrogen (secondary N) is 1. The number of anilines is 3. The van der Waals surface area contributed by atoms with Crippen molar-refractivity contribution >= 4 is 17.2 Å². The molecule has 2 aromatic rings. The van der Waals surface area contributed by atoms with Gasteiger partial charge in [-0.1, -0.05) is 12.1 Å². The van der Waals surface area contributed by atoms with Crippen LogP contribution < -0.4 is 11.1 Å². The van der Waals surface area contributed by atoms with Crippen LogP contribution in [0.4, 0.5) is 17.2 Å². The molecule has 0 unspecified atom stereocenters. The van der Waals surface area contributed by atoms with Gasteiger partial charge in [-0.2, -0.15) is 5.26 Å². The van der Waals surface area contributed by atoms with E-state index in [-0.39, 0.29) is 0 Å². The lowest BCUT2D eigenvalue weighted by Crippen LogP contribution is -2.00. The highest BCUT2D eigenvalue weighted by Gasteiger charge is 2.06. The van der Waals surface area contributed by atoms with E-state index in [0.717, 1.165) is 11.3 Å². The number of benzene rings is 1. The van der Waals surface area contributed by atoms with E-state index in [0.29, 0.717) is 17.1 Å². The van der Waals surface area contributed by atoms with Gasteiger partial charge in [-0.3, -0.25) is 0 Å². The molecule has 0 bridgehead atoms. The number of nitrogens with two attached hydrogens (primary N) is 1. The quantitative estimate of drug-likeness (QED) is 0.822. The van der Waals surface area contributed by atoms with Crippen LogP contribution in [0.5, 0.6) is 0 Å². The van der Waals surface area contributed by atoms with Crippen LogP contribution in [-0.4, -0.2) is 4.98 Å². The monoisotopic (exact) mass is 224 g/mol. The van der Waals surface area contributed by atoms with E-state index in [2.05, 4.69) is 16.4 Å². The minimum Gasteiger partial charge on any atom is -0.382 e. The Morgan fingerprint density at radius 2 is 2.00 bits per heavy atom. The van der Waals surface area contributed by atoms with Crippen molar-refractivity contribution in [3.05, 3.63) is 47.7 Å². The van der Waals surface area contributed by atoms with Gasteiger partial charge in [0.15, 0.2) is 0 Å². The van der Waals surface area contributed by atoms with Crippen LogP contribution >= 0.6 is 0 Å². The maximum Gasteiger partial charge on any atom is 0.147 e. The van der Waals surface area contributed by atoms with Gasteiger partial charge in [0, 0.05) is 6.20 Å². The van der Waals surface area contributed by atoms with Gasteiger partial charge < -0.3 is 11.1 Å². The first-order chi connectivity index (χ1) is 8.22. The summed E-state index contributed by atoms with van der Waals surface area (Å²) in [5.41, 5.74) is 8.74. The molecule has 4 heteroatoms. The average Bonchev–Trinajstić information content (AvgIpc) is 2.32. The Hall–Kier alpha value is -2.54. The number of rotatable bonds is 2. The SMILES string of the molecule is Cc1cccc(Nc2cccnc2N)c1C#N. The first-order valence-corrected chi connectivity index (χ1v) is 5.19. The van der Waals surface area contributed by atoms with Gasteiger partial charge in [0.05, 0.1) is 16.9 Å². The molecule has 0 aliphatic rings. The number of nitrogens with zero attached hydrogens (tertiary/aromatic N) is 2. The first-order valence-electron chi connectivity index (χ1n) is 5.19. The Morgan fingerprint density at radius 3 is 2.71 bits per heavy atom. The van der Waals surface area contributed by atoms with E-state index in [1.54, 1.807) is 12.3 Å². The fourth-order valence-electron chi connectivity index (χ4n) is 1.59. The average molecular weight is 224 g/mol. The number of nitriles is 1. The van der Waals surface area contributed by atoms with Crippen molar-refractivity contribution < 1.29 is 0 Å². The highest BCUT2D eigenvalue weighted by Crippen LogP contribution is 2.25. The largest absolute Gasteiger partial charge is 0.382 e. The molecule has 4 nitrogen and oxygen atoms in total. The van der Waals surface area contributed by atoms with Crippen LogP contribution in [0.3, 0.4) is 0 Å². The highest BCUT2D eigenvalue weighted by molar-refractivity contribution is 5.73. The standard InChI is InChI=1S/C13H12N4/c1-9-4-2-5-11(10(9)8-14)17-12-6-3-7-16-13(12)15/h2-7,17H,1H3,(H2,15,16). The summed E-state index contributed by atoms with van der Waals surface area (Å²) < 4.78 is 0. The Balaban J connectivity index is 2.41. The third-order valence-electron chi connectivity index (χ3n) is 2.49. The number of aryl methyl sites for hydroxylation is 1. The molecule has 0 aliphatic heterocycles. The van der Waals surface area contributed by atoms with Crippen LogP contribution in [-0.2, 0) is 0 Å². The van der Waals surface area contributed by atoms with Crippen molar-refractivity contribution in [2.45, 2.75) is 6.92 Å². The molecule has 0 spiro atoms. The van der Waals surface area contributed by atoms with Crippen molar-refractivity contribution in [1.29, 1.82) is 5.26 Å². The van der Waals surface area contributed by atoms with Gasteiger partial charge >= 0.3 is 0 Å². The Morgan fingerprint density at radius 1 is 1.24 bits per heavy atom.